The molecule has 0 bridgehead atoms. The molecular formula is C19H24N4O4S. The summed E-state index contributed by atoms with van der Waals surface area (Å²) < 4.78 is 4.57. The van der Waals surface area contributed by atoms with E-state index in [1.54, 1.807) is 5.38 Å². The van der Waals surface area contributed by atoms with E-state index in [1.807, 2.05) is 30.3 Å². The monoisotopic (exact) mass is 404 g/mol. The molecule has 8 nitrogen and oxygen atoms in total. The molecule has 2 aromatic rings. The van der Waals surface area contributed by atoms with Crippen molar-refractivity contribution in [3.63, 3.8) is 0 Å². The molecule has 0 saturated heterocycles. The fourth-order valence-electron chi connectivity index (χ4n) is 2.32. The summed E-state index contributed by atoms with van der Waals surface area (Å²) >= 11 is 1.19. The van der Waals surface area contributed by atoms with E-state index >= 15 is 0 Å². The molecule has 3 amide bonds. The molecule has 1 aromatic carbocycles. The Kier molecular flexibility index (Phi) is 8.93. The average molecular weight is 404 g/mol. The van der Waals surface area contributed by atoms with Crippen LogP contribution in [-0.4, -0.2) is 36.5 Å². The SMILES string of the molecule is COC(=O)CCCCCNC(=O)c1csc(NC(=O)NCc2ccccc2)n1. The van der Waals surface area contributed by atoms with Gasteiger partial charge in [-0.25, -0.2) is 9.78 Å². The number of hydrogen-bond donors (Lipinski definition) is 3. The van der Waals surface area contributed by atoms with E-state index in [-0.39, 0.29) is 23.6 Å². The first-order valence-electron chi connectivity index (χ1n) is 8.98. The molecule has 0 fully saturated rings. The van der Waals surface area contributed by atoms with E-state index in [0.29, 0.717) is 24.6 Å². The van der Waals surface area contributed by atoms with Gasteiger partial charge in [-0.2, -0.15) is 0 Å². The number of nitrogens with zero attached hydrogens (tertiary/aromatic N) is 1. The van der Waals surface area contributed by atoms with Gasteiger partial charge in [0.25, 0.3) is 5.91 Å². The third-order valence-corrected chi connectivity index (χ3v) is 4.58. The molecule has 1 aromatic heterocycles. The Morgan fingerprint density at radius 1 is 1.07 bits per heavy atom. The van der Waals surface area contributed by atoms with Gasteiger partial charge < -0.3 is 15.4 Å². The molecule has 0 unspecified atom stereocenters. The minimum Gasteiger partial charge on any atom is -0.469 e. The Balaban J connectivity index is 1.65. The number of esters is 1. The van der Waals surface area contributed by atoms with Gasteiger partial charge in [-0.1, -0.05) is 36.8 Å². The highest BCUT2D eigenvalue weighted by Crippen LogP contribution is 2.15. The van der Waals surface area contributed by atoms with Crippen molar-refractivity contribution < 1.29 is 19.1 Å². The van der Waals surface area contributed by atoms with Crippen LogP contribution in [0.4, 0.5) is 9.93 Å². The molecular weight excluding hydrogens is 380 g/mol. The van der Waals surface area contributed by atoms with E-state index in [4.69, 9.17) is 0 Å². The summed E-state index contributed by atoms with van der Waals surface area (Å²) in [6.07, 6.45) is 2.70. The van der Waals surface area contributed by atoms with Gasteiger partial charge in [-0.3, -0.25) is 14.9 Å². The summed E-state index contributed by atoms with van der Waals surface area (Å²) in [5, 5.41) is 10.1. The number of thiazole rings is 1. The molecule has 0 radical (unpaired) electrons. The van der Waals surface area contributed by atoms with Crippen LogP contribution >= 0.6 is 11.3 Å². The maximum absolute atomic E-state index is 12.1. The predicted molar refractivity (Wildman–Crippen MR) is 107 cm³/mol. The Bertz CT molecular complexity index is 779. The normalized spacial score (nSPS) is 10.2. The first kappa shape index (κ1) is 21.4. The minimum absolute atomic E-state index is 0.223. The third kappa shape index (κ3) is 7.75. The Hall–Kier alpha value is -2.94. The van der Waals surface area contributed by atoms with Crippen LogP contribution in [0.3, 0.4) is 0 Å². The van der Waals surface area contributed by atoms with E-state index in [0.717, 1.165) is 24.8 Å². The molecule has 0 aliphatic carbocycles. The van der Waals surface area contributed by atoms with Gasteiger partial charge in [0, 0.05) is 24.9 Å². The molecule has 0 spiro atoms. The van der Waals surface area contributed by atoms with Crippen LogP contribution in [0.25, 0.3) is 0 Å². The lowest BCUT2D eigenvalue weighted by atomic mass is 10.2. The van der Waals surface area contributed by atoms with Crippen molar-refractivity contribution in [1.29, 1.82) is 0 Å². The van der Waals surface area contributed by atoms with Crippen LogP contribution in [0.2, 0.25) is 0 Å². The van der Waals surface area contributed by atoms with E-state index in [1.165, 1.54) is 18.4 Å². The average Bonchev–Trinajstić information content (AvgIpc) is 3.18. The van der Waals surface area contributed by atoms with Crippen LogP contribution in [-0.2, 0) is 16.1 Å². The molecule has 3 N–H and O–H groups in total. The second-order valence-electron chi connectivity index (χ2n) is 5.97. The standard InChI is InChI=1S/C19H24N4O4S/c1-27-16(24)10-6-3-7-11-20-17(25)15-13-28-19(22-15)23-18(26)21-12-14-8-4-2-5-9-14/h2,4-5,8-9,13H,3,6-7,10-12H2,1H3,(H,20,25)(H2,21,22,23,26). The van der Waals surface area contributed by atoms with Crippen molar-refractivity contribution >= 4 is 34.4 Å². The summed E-state index contributed by atoms with van der Waals surface area (Å²) in [7, 11) is 1.37. The van der Waals surface area contributed by atoms with Crippen molar-refractivity contribution in [2.75, 3.05) is 19.0 Å². The number of amides is 3. The number of unbranched alkanes of at least 4 members (excludes halogenated alkanes) is 2. The maximum Gasteiger partial charge on any atom is 0.321 e. The number of aromatic nitrogens is 1. The second-order valence-corrected chi connectivity index (χ2v) is 6.83. The predicted octanol–water partition coefficient (Wildman–Crippen LogP) is 2.93. The van der Waals surface area contributed by atoms with Crippen molar-refractivity contribution in [2.45, 2.75) is 32.2 Å². The number of rotatable bonds is 10. The number of nitrogens with one attached hydrogen (secondary N) is 3. The number of carbonyl (C=O) groups is 3. The van der Waals surface area contributed by atoms with Crippen LogP contribution in [0.1, 0.15) is 41.7 Å². The molecule has 0 aliphatic heterocycles. The first-order valence-corrected chi connectivity index (χ1v) is 9.86. The van der Waals surface area contributed by atoms with Crippen molar-refractivity contribution in [3.8, 4) is 0 Å². The Labute approximate surface area is 167 Å². The first-order chi connectivity index (χ1) is 13.6. The molecule has 0 aliphatic rings. The summed E-state index contributed by atoms with van der Waals surface area (Å²) in [4.78, 5) is 39.1. The Morgan fingerprint density at radius 2 is 1.86 bits per heavy atom. The lowest BCUT2D eigenvalue weighted by Gasteiger charge is -2.05. The Morgan fingerprint density at radius 3 is 2.61 bits per heavy atom. The zero-order valence-corrected chi connectivity index (χ0v) is 16.5. The van der Waals surface area contributed by atoms with Gasteiger partial charge in [0.2, 0.25) is 0 Å². The van der Waals surface area contributed by atoms with Gasteiger partial charge >= 0.3 is 12.0 Å². The number of benzene rings is 1. The minimum atomic E-state index is -0.379. The summed E-state index contributed by atoms with van der Waals surface area (Å²) in [5.41, 5.74) is 1.25. The number of urea groups is 1. The molecule has 150 valence electrons. The number of anilines is 1. The molecule has 1 heterocycles. The molecule has 0 atom stereocenters. The third-order valence-electron chi connectivity index (χ3n) is 3.82. The van der Waals surface area contributed by atoms with Crippen LogP contribution in [0.15, 0.2) is 35.7 Å². The molecule has 2 rings (SSSR count). The summed E-state index contributed by atoms with van der Waals surface area (Å²) in [5.74, 6) is -0.513. The van der Waals surface area contributed by atoms with Crippen LogP contribution < -0.4 is 16.0 Å². The van der Waals surface area contributed by atoms with Gasteiger partial charge in [0.05, 0.1) is 7.11 Å². The topological polar surface area (TPSA) is 109 Å². The summed E-state index contributed by atoms with van der Waals surface area (Å²) in [6.45, 7) is 0.902. The molecule has 0 saturated carbocycles. The molecule has 28 heavy (non-hydrogen) atoms. The van der Waals surface area contributed by atoms with Gasteiger partial charge in [-0.05, 0) is 18.4 Å². The van der Waals surface area contributed by atoms with E-state index in [2.05, 4.69) is 25.7 Å². The maximum atomic E-state index is 12.1. The smallest absolute Gasteiger partial charge is 0.321 e. The van der Waals surface area contributed by atoms with Crippen molar-refractivity contribution in [1.82, 2.24) is 15.6 Å². The van der Waals surface area contributed by atoms with E-state index < -0.39 is 0 Å². The van der Waals surface area contributed by atoms with Crippen molar-refractivity contribution in [3.05, 3.63) is 47.0 Å². The summed E-state index contributed by atoms with van der Waals surface area (Å²) in [6, 6.07) is 9.17. The lowest BCUT2D eigenvalue weighted by Crippen LogP contribution is -2.28. The lowest BCUT2D eigenvalue weighted by molar-refractivity contribution is -0.140. The highest BCUT2D eigenvalue weighted by molar-refractivity contribution is 7.14. The molecule has 9 heteroatoms. The van der Waals surface area contributed by atoms with Gasteiger partial charge in [0.15, 0.2) is 5.13 Å². The van der Waals surface area contributed by atoms with Crippen LogP contribution in [0.5, 0.6) is 0 Å². The second kappa shape index (κ2) is 11.7. The van der Waals surface area contributed by atoms with E-state index in [9.17, 15) is 14.4 Å². The highest BCUT2D eigenvalue weighted by atomic mass is 32.1. The van der Waals surface area contributed by atoms with Crippen LogP contribution in [0, 0.1) is 0 Å². The number of hydrogen-bond acceptors (Lipinski definition) is 6. The number of carbonyl (C=O) groups excluding carboxylic acids is 3. The quantitative estimate of drug-likeness (QED) is 0.417. The van der Waals surface area contributed by atoms with Crippen molar-refractivity contribution in [2.24, 2.45) is 0 Å². The number of methoxy groups -OCH3 is 1. The number of ether oxygens (including phenoxy) is 1. The van der Waals surface area contributed by atoms with Gasteiger partial charge in [-0.15, -0.1) is 11.3 Å². The highest BCUT2D eigenvalue weighted by Gasteiger charge is 2.12. The zero-order chi connectivity index (χ0) is 20.2. The fraction of sp³-hybridized carbons (Fsp3) is 0.368. The zero-order valence-electron chi connectivity index (χ0n) is 15.7. The van der Waals surface area contributed by atoms with Gasteiger partial charge in [0.1, 0.15) is 5.69 Å². The largest absolute Gasteiger partial charge is 0.469 e. The fourth-order valence-corrected chi connectivity index (χ4v) is 3.01.